The third-order valence-electron chi connectivity index (χ3n) is 3.92. The molecule has 0 bridgehead atoms. The molecule has 0 saturated carbocycles. The normalized spacial score (nSPS) is 13.2. The SMILES string of the molecule is Nn1c(SCC(=O)N2CCc3ccccc32)nnc1-c1ccco1. The molecule has 24 heavy (non-hydrogen) atoms. The number of nitrogen functional groups attached to an aromatic ring is 1. The first-order chi connectivity index (χ1) is 11.7. The molecule has 1 aliphatic rings. The van der Waals surface area contributed by atoms with Crippen LogP contribution in [0.25, 0.3) is 11.6 Å². The van der Waals surface area contributed by atoms with Gasteiger partial charge in [-0.15, -0.1) is 10.2 Å². The van der Waals surface area contributed by atoms with Gasteiger partial charge in [-0.25, -0.2) is 4.68 Å². The van der Waals surface area contributed by atoms with E-state index in [1.807, 2.05) is 23.1 Å². The molecule has 0 radical (unpaired) electrons. The van der Waals surface area contributed by atoms with E-state index < -0.39 is 0 Å². The average molecular weight is 341 g/mol. The van der Waals surface area contributed by atoms with Gasteiger partial charge in [0.05, 0.1) is 12.0 Å². The molecule has 2 aromatic heterocycles. The number of carbonyl (C=O) groups excluding carboxylic acids is 1. The highest BCUT2D eigenvalue weighted by Crippen LogP contribution is 2.29. The zero-order valence-corrected chi connectivity index (χ0v) is 13.6. The monoisotopic (exact) mass is 341 g/mol. The highest BCUT2D eigenvalue weighted by Gasteiger charge is 2.25. The van der Waals surface area contributed by atoms with Crippen molar-refractivity contribution in [3.63, 3.8) is 0 Å². The fourth-order valence-corrected chi connectivity index (χ4v) is 3.48. The van der Waals surface area contributed by atoms with Crippen LogP contribution in [0.1, 0.15) is 5.56 Å². The van der Waals surface area contributed by atoms with Crippen LogP contribution in [0, 0.1) is 0 Å². The third-order valence-corrected chi connectivity index (χ3v) is 4.85. The standard InChI is InChI=1S/C16H15N5O2S/c17-21-15(13-6-3-9-23-13)18-19-16(21)24-10-14(22)20-8-7-11-4-1-2-5-12(11)20/h1-6,9H,7-8,10,17H2. The third kappa shape index (κ3) is 2.54. The molecule has 3 aromatic rings. The van der Waals surface area contributed by atoms with Crippen molar-refractivity contribution < 1.29 is 9.21 Å². The number of fused-ring (bicyclic) bond motifs is 1. The largest absolute Gasteiger partial charge is 0.461 e. The van der Waals surface area contributed by atoms with E-state index in [9.17, 15) is 4.79 Å². The number of hydrogen-bond acceptors (Lipinski definition) is 6. The lowest BCUT2D eigenvalue weighted by molar-refractivity contribution is -0.116. The Morgan fingerprint density at radius 3 is 2.96 bits per heavy atom. The molecule has 0 aliphatic carbocycles. The van der Waals surface area contributed by atoms with E-state index in [1.165, 1.54) is 22.0 Å². The van der Waals surface area contributed by atoms with E-state index in [0.29, 0.717) is 23.3 Å². The quantitative estimate of drug-likeness (QED) is 0.576. The summed E-state index contributed by atoms with van der Waals surface area (Å²) < 4.78 is 6.61. The van der Waals surface area contributed by atoms with Gasteiger partial charge in [-0.2, -0.15) is 0 Å². The summed E-state index contributed by atoms with van der Waals surface area (Å²) >= 11 is 1.27. The fourth-order valence-electron chi connectivity index (χ4n) is 2.75. The lowest BCUT2D eigenvalue weighted by Crippen LogP contribution is -2.30. The molecule has 0 unspecified atom stereocenters. The Kier molecular flexibility index (Phi) is 3.73. The molecular weight excluding hydrogens is 326 g/mol. The number of carbonyl (C=O) groups is 1. The molecule has 2 N–H and O–H groups in total. The number of rotatable bonds is 4. The lowest BCUT2D eigenvalue weighted by Gasteiger charge is -2.16. The molecule has 0 atom stereocenters. The van der Waals surface area contributed by atoms with Gasteiger partial charge in [-0.3, -0.25) is 4.79 Å². The van der Waals surface area contributed by atoms with Gasteiger partial charge >= 0.3 is 0 Å². The highest BCUT2D eigenvalue weighted by molar-refractivity contribution is 7.99. The minimum atomic E-state index is 0.0347. The first kappa shape index (κ1) is 14.8. The van der Waals surface area contributed by atoms with Crippen molar-refractivity contribution in [3.05, 3.63) is 48.2 Å². The van der Waals surface area contributed by atoms with Crippen LogP contribution < -0.4 is 10.7 Å². The van der Waals surface area contributed by atoms with Gasteiger partial charge in [0.2, 0.25) is 16.9 Å². The van der Waals surface area contributed by atoms with E-state index in [1.54, 1.807) is 18.4 Å². The predicted octanol–water partition coefficient (Wildman–Crippen LogP) is 1.93. The molecule has 122 valence electrons. The maximum Gasteiger partial charge on any atom is 0.237 e. The Hall–Kier alpha value is -2.74. The number of nitrogens with zero attached hydrogens (tertiary/aromatic N) is 4. The van der Waals surface area contributed by atoms with Crippen molar-refractivity contribution in [2.24, 2.45) is 0 Å². The van der Waals surface area contributed by atoms with Crippen LogP contribution in [-0.2, 0) is 11.2 Å². The number of thioether (sulfide) groups is 1. The molecule has 1 aliphatic heterocycles. The smallest absolute Gasteiger partial charge is 0.237 e. The molecule has 1 amide bonds. The number of para-hydroxylation sites is 1. The minimum Gasteiger partial charge on any atom is -0.461 e. The first-order valence-corrected chi connectivity index (χ1v) is 8.48. The second kappa shape index (κ2) is 6.04. The number of furan rings is 1. The minimum absolute atomic E-state index is 0.0347. The van der Waals surface area contributed by atoms with Gasteiger partial charge in [0, 0.05) is 12.2 Å². The van der Waals surface area contributed by atoms with Crippen LogP contribution in [0.3, 0.4) is 0 Å². The number of anilines is 1. The van der Waals surface area contributed by atoms with Gasteiger partial charge in [0.15, 0.2) is 5.76 Å². The Balaban J connectivity index is 1.45. The fraction of sp³-hybridized carbons (Fsp3) is 0.188. The Morgan fingerprint density at radius 2 is 2.12 bits per heavy atom. The van der Waals surface area contributed by atoms with Crippen LogP contribution in [0.5, 0.6) is 0 Å². The van der Waals surface area contributed by atoms with Crippen LogP contribution in [0.2, 0.25) is 0 Å². The topological polar surface area (TPSA) is 90.2 Å². The molecular formula is C16H15N5O2S. The Bertz CT molecular complexity index is 874. The molecule has 8 heteroatoms. The summed E-state index contributed by atoms with van der Waals surface area (Å²) in [5.74, 6) is 7.25. The summed E-state index contributed by atoms with van der Waals surface area (Å²) in [4.78, 5) is 14.3. The van der Waals surface area contributed by atoms with Gasteiger partial charge in [-0.1, -0.05) is 30.0 Å². The zero-order valence-electron chi connectivity index (χ0n) is 12.8. The van der Waals surface area contributed by atoms with Gasteiger partial charge in [-0.05, 0) is 30.2 Å². The van der Waals surface area contributed by atoms with Gasteiger partial charge < -0.3 is 15.2 Å². The number of aromatic nitrogens is 3. The van der Waals surface area contributed by atoms with Crippen molar-refractivity contribution in [1.82, 2.24) is 14.9 Å². The highest BCUT2D eigenvalue weighted by atomic mass is 32.2. The molecule has 7 nitrogen and oxygen atoms in total. The molecule has 1 aromatic carbocycles. The second-order valence-corrected chi connectivity index (χ2v) is 6.31. The summed E-state index contributed by atoms with van der Waals surface area (Å²) in [6.45, 7) is 0.714. The molecule has 0 saturated heterocycles. The van der Waals surface area contributed by atoms with Crippen molar-refractivity contribution >= 4 is 23.4 Å². The number of hydrogen-bond donors (Lipinski definition) is 1. The lowest BCUT2D eigenvalue weighted by atomic mass is 10.2. The van der Waals surface area contributed by atoms with Crippen molar-refractivity contribution in [3.8, 4) is 11.6 Å². The van der Waals surface area contributed by atoms with Crippen LogP contribution in [0.4, 0.5) is 5.69 Å². The van der Waals surface area contributed by atoms with Crippen LogP contribution >= 0.6 is 11.8 Å². The first-order valence-electron chi connectivity index (χ1n) is 7.49. The summed E-state index contributed by atoms with van der Waals surface area (Å²) in [7, 11) is 0. The number of amides is 1. The van der Waals surface area contributed by atoms with Gasteiger partial charge in [0.1, 0.15) is 0 Å². The summed E-state index contributed by atoms with van der Waals surface area (Å²) in [6, 6.07) is 11.5. The van der Waals surface area contributed by atoms with Crippen LogP contribution in [-0.4, -0.2) is 33.1 Å². The van der Waals surface area contributed by atoms with Gasteiger partial charge in [0.25, 0.3) is 0 Å². The van der Waals surface area contributed by atoms with Crippen molar-refractivity contribution in [2.75, 3.05) is 23.0 Å². The molecule has 3 heterocycles. The molecule has 0 fully saturated rings. The summed E-state index contributed by atoms with van der Waals surface area (Å²) in [5, 5.41) is 8.53. The molecule has 0 spiro atoms. The zero-order chi connectivity index (χ0) is 16.5. The van der Waals surface area contributed by atoms with E-state index in [0.717, 1.165) is 12.1 Å². The Morgan fingerprint density at radius 1 is 1.25 bits per heavy atom. The number of benzene rings is 1. The van der Waals surface area contributed by atoms with Crippen molar-refractivity contribution in [2.45, 2.75) is 11.6 Å². The van der Waals surface area contributed by atoms with E-state index in [4.69, 9.17) is 10.3 Å². The maximum absolute atomic E-state index is 12.5. The van der Waals surface area contributed by atoms with Crippen LogP contribution in [0.15, 0.2) is 52.2 Å². The summed E-state index contributed by atoms with van der Waals surface area (Å²) in [5.41, 5.74) is 2.20. The van der Waals surface area contributed by atoms with E-state index in [-0.39, 0.29) is 11.7 Å². The van der Waals surface area contributed by atoms with E-state index >= 15 is 0 Å². The van der Waals surface area contributed by atoms with E-state index in [2.05, 4.69) is 16.3 Å². The maximum atomic E-state index is 12.5. The average Bonchev–Trinajstić information content (AvgIpc) is 3.32. The second-order valence-electron chi connectivity index (χ2n) is 5.37. The summed E-state index contributed by atoms with van der Waals surface area (Å²) in [6.07, 6.45) is 2.44. The van der Waals surface area contributed by atoms with Crippen molar-refractivity contribution in [1.29, 1.82) is 0 Å². The molecule has 4 rings (SSSR count). The Labute approximate surface area is 142 Å². The predicted molar refractivity (Wildman–Crippen MR) is 91.1 cm³/mol. The number of nitrogens with two attached hydrogens (primary N) is 1.